The topological polar surface area (TPSA) is 59.3 Å². The molecule has 3 rings (SSSR count). The first-order chi connectivity index (χ1) is 10.7. The van der Waals surface area contributed by atoms with Crippen LogP contribution in [0.4, 0.5) is 5.69 Å². The lowest BCUT2D eigenvalue weighted by Crippen LogP contribution is -2.20. The highest BCUT2D eigenvalue weighted by Gasteiger charge is 2.23. The fraction of sp³-hybridized carbons (Fsp3) is 0.333. The van der Waals surface area contributed by atoms with Gasteiger partial charge < -0.3 is 9.73 Å². The second-order valence-corrected chi connectivity index (χ2v) is 5.84. The Hall–Kier alpha value is -2.36. The molecule has 0 saturated heterocycles. The Balaban J connectivity index is 1.90. The standard InChI is InChI=1S/C18H19NO3/c1-12-6-8-16(19-18(21)13-4-2-3-5-13)15(10-12)17-9-7-14(11-20)22-17/h6-11,13H,2-5H2,1H3,(H,19,21). The molecule has 1 amide bonds. The summed E-state index contributed by atoms with van der Waals surface area (Å²) in [5.74, 6) is 1.05. The van der Waals surface area contributed by atoms with Crippen LogP contribution >= 0.6 is 0 Å². The van der Waals surface area contributed by atoms with Crippen molar-refractivity contribution < 1.29 is 14.0 Å². The number of aldehydes is 1. The lowest BCUT2D eigenvalue weighted by atomic mass is 10.0. The quantitative estimate of drug-likeness (QED) is 0.860. The molecule has 1 aromatic carbocycles. The van der Waals surface area contributed by atoms with E-state index in [0.29, 0.717) is 12.0 Å². The number of furan rings is 1. The van der Waals surface area contributed by atoms with Crippen molar-refractivity contribution in [2.45, 2.75) is 32.6 Å². The Morgan fingerprint density at radius 2 is 2.00 bits per heavy atom. The van der Waals surface area contributed by atoms with Crippen LogP contribution < -0.4 is 5.32 Å². The smallest absolute Gasteiger partial charge is 0.227 e. The monoisotopic (exact) mass is 297 g/mol. The Bertz CT molecular complexity index is 696. The summed E-state index contributed by atoms with van der Waals surface area (Å²) in [6.45, 7) is 1.98. The average Bonchev–Trinajstić information content (AvgIpc) is 3.20. The number of carbonyl (C=O) groups is 2. The molecule has 1 N–H and O–H groups in total. The number of nitrogens with one attached hydrogen (secondary N) is 1. The zero-order valence-corrected chi connectivity index (χ0v) is 12.6. The normalized spacial score (nSPS) is 15.0. The summed E-state index contributed by atoms with van der Waals surface area (Å²) in [7, 11) is 0. The molecule has 1 fully saturated rings. The van der Waals surface area contributed by atoms with Crippen LogP contribution in [0.5, 0.6) is 0 Å². The SMILES string of the molecule is Cc1ccc(NC(=O)C2CCCC2)c(-c2ccc(C=O)o2)c1. The maximum absolute atomic E-state index is 12.3. The first-order valence-corrected chi connectivity index (χ1v) is 7.64. The molecule has 0 radical (unpaired) electrons. The molecule has 2 aromatic rings. The van der Waals surface area contributed by atoms with Crippen LogP contribution in [0.15, 0.2) is 34.7 Å². The molecule has 0 atom stereocenters. The third-order valence-corrected chi connectivity index (χ3v) is 4.17. The van der Waals surface area contributed by atoms with Crippen LogP contribution in [0, 0.1) is 12.8 Å². The Morgan fingerprint density at radius 3 is 2.68 bits per heavy atom. The van der Waals surface area contributed by atoms with E-state index in [9.17, 15) is 9.59 Å². The maximum atomic E-state index is 12.3. The molecule has 0 unspecified atom stereocenters. The zero-order valence-electron chi connectivity index (χ0n) is 12.6. The molecule has 1 saturated carbocycles. The van der Waals surface area contributed by atoms with Gasteiger partial charge in [0.1, 0.15) is 5.76 Å². The minimum Gasteiger partial charge on any atom is -0.453 e. The predicted octanol–water partition coefficient (Wildman–Crippen LogP) is 4.20. The fourth-order valence-corrected chi connectivity index (χ4v) is 2.95. The molecule has 1 aromatic heterocycles. The van der Waals surface area contributed by atoms with E-state index < -0.39 is 0 Å². The van der Waals surface area contributed by atoms with E-state index >= 15 is 0 Å². The van der Waals surface area contributed by atoms with Gasteiger partial charge in [-0.25, -0.2) is 0 Å². The number of hydrogen-bond acceptors (Lipinski definition) is 3. The van der Waals surface area contributed by atoms with E-state index in [2.05, 4.69) is 5.32 Å². The molecular formula is C18H19NO3. The van der Waals surface area contributed by atoms with E-state index in [-0.39, 0.29) is 17.6 Å². The van der Waals surface area contributed by atoms with Crippen molar-refractivity contribution >= 4 is 17.9 Å². The van der Waals surface area contributed by atoms with Crippen molar-refractivity contribution in [1.82, 2.24) is 0 Å². The van der Waals surface area contributed by atoms with Gasteiger partial charge in [0, 0.05) is 11.5 Å². The molecule has 0 bridgehead atoms. The van der Waals surface area contributed by atoms with E-state index in [1.807, 2.05) is 25.1 Å². The highest BCUT2D eigenvalue weighted by Crippen LogP contribution is 2.32. The lowest BCUT2D eigenvalue weighted by molar-refractivity contribution is -0.119. The second kappa shape index (κ2) is 6.18. The van der Waals surface area contributed by atoms with Crippen LogP contribution in [-0.2, 0) is 4.79 Å². The summed E-state index contributed by atoms with van der Waals surface area (Å²) < 4.78 is 5.50. The van der Waals surface area contributed by atoms with E-state index in [1.54, 1.807) is 12.1 Å². The number of aryl methyl sites for hydroxylation is 1. The van der Waals surface area contributed by atoms with Crippen LogP contribution in [0.2, 0.25) is 0 Å². The van der Waals surface area contributed by atoms with Crippen molar-refractivity contribution in [2.75, 3.05) is 5.32 Å². The van der Waals surface area contributed by atoms with Gasteiger partial charge in [0.2, 0.25) is 5.91 Å². The molecule has 1 aliphatic carbocycles. The van der Waals surface area contributed by atoms with Crippen molar-refractivity contribution in [3.8, 4) is 11.3 Å². The summed E-state index contributed by atoms with van der Waals surface area (Å²) in [4.78, 5) is 23.1. The molecule has 114 valence electrons. The lowest BCUT2D eigenvalue weighted by Gasteiger charge is -2.13. The van der Waals surface area contributed by atoms with Gasteiger partial charge in [0.15, 0.2) is 12.0 Å². The van der Waals surface area contributed by atoms with Gasteiger partial charge in [0.25, 0.3) is 0 Å². The van der Waals surface area contributed by atoms with Gasteiger partial charge in [-0.2, -0.15) is 0 Å². The largest absolute Gasteiger partial charge is 0.453 e. The highest BCUT2D eigenvalue weighted by molar-refractivity contribution is 5.96. The first kappa shape index (κ1) is 14.6. The number of rotatable bonds is 4. The van der Waals surface area contributed by atoms with Crippen LogP contribution in [0.3, 0.4) is 0 Å². The van der Waals surface area contributed by atoms with Gasteiger partial charge >= 0.3 is 0 Å². The van der Waals surface area contributed by atoms with Crippen molar-refractivity contribution in [2.24, 2.45) is 5.92 Å². The van der Waals surface area contributed by atoms with Crippen LogP contribution in [-0.4, -0.2) is 12.2 Å². The van der Waals surface area contributed by atoms with Crippen molar-refractivity contribution in [1.29, 1.82) is 0 Å². The van der Waals surface area contributed by atoms with Gasteiger partial charge in [-0.3, -0.25) is 9.59 Å². The van der Waals surface area contributed by atoms with Gasteiger partial charge in [-0.1, -0.05) is 24.5 Å². The van der Waals surface area contributed by atoms with E-state index in [4.69, 9.17) is 4.42 Å². The van der Waals surface area contributed by atoms with Crippen molar-refractivity contribution in [3.63, 3.8) is 0 Å². The molecule has 4 nitrogen and oxygen atoms in total. The summed E-state index contributed by atoms with van der Waals surface area (Å²) in [5.41, 5.74) is 2.60. The van der Waals surface area contributed by atoms with E-state index in [0.717, 1.165) is 42.5 Å². The minimum absolute atomic E-state index is 0.0739. The summed E-state index contributed by atoms with van der Waals surface area (Å²) in [5, 5.41) is 3.02. The van der Waals surface area contributed by atoms with Crippen LogP contribution in [0.25, 0.3) is 11.3 Å². The van der Waals surface area contributed by atoms with Crippen LogP contribution in [0.1, 0.15) is 41.8 Å². The number of benzene rings is 1. The highest BCUT2D eigenvalue weighted by atomic mass is 16.3. The summed E-state index contributed by atoms with van der Waals surface area (Å²) in [6, 6.07) is 9.19. The maximum Gasteiger partial charge on any atom is 0.227 e. The Labute approximate surface area is 129 Å². The number of amides is 1. The fourth-order valence-electron chi connectivity index (χ4n) is 2.95. The van der Waals surface area contributed by atoms with Gasteiger partial charge in [-0.05, 0) is 44.0 Å². The first-order valence-electron chi connectivity index (χ1n) is 7.64. The Morgan fingerprint density at radius 1 is 1.23 bits per heavy atom. The minimum atomic E-state index is 0.0739. The van der Waals surface area contributed by atoms with Crippen molar-refractivity contribution in [3.05, 3.63) is 41.7 Å². The molecule has 1 heterocycles. The third-order valence-electron chi connectivity index (χ3n) is 4.17. The molecule has 22 heavy (non-hydrogen) atoms. The molecule has 4 heteroatoms. The third kappa shape index (κ3) is 2.96. The molecule has 1 aliphatic rings. The molecule has 0 aliphatic heterocycles. The number of anilines is 1. The molecular weight excluding hydrogens is 278 g/mol. The predicted molar refractivity (Wildman–Crippen MR) is 84.9 cm³/mol. The zero-order chi connectivity index (χ0) is 15.5. The second-order valence-electron chi connectivity index (χ2n) is 5.84. The number of hydrogen-bond donors (Lipinski definition) is 1. The van der Waals surface area contributed by atoms with Gasteiger partial charge in [-0.15, -0.1) is 0 Å². The summed E-state index contributed by atoms with van der Waals surface area (Å²) in [6.07, 6.45) is 4.85. The van der Waals surface area contributed by atoms with Gasteiger partial charge in [0.05, 0.1) is 5.69 Å². The molecule has 0 spiro atoms. The number of carbonyl (C=O) groups excluding carboxylic acids is 2. The van der Waals surface area contributed by atoms with E-state index in [1.165, 1.54) is 0 Å². The summed E-state index contributed by atoms with van der Waals surface area (Å²) >= 11 is 0. The Kier molecular flexibility index (Phi) is 4.09. The average molecular weight is 297 g/mol.